The maximum absolute atomic E-state index is 8.90. The Morgan fingerprint density at radius 3 is 1.89 bits per heavy atom. The Morgan fingerprint density at radius 1 is 0.929 bits per heavy atom. The highest BCUT2D eigenvalue weighted by Crippen LogP contribution is 2.37. The monoisotopic (exact) mass is 394 g/mol. The van der Waals surface area contributed by atoms with Crippen molar-refractivity contribution in [1.82, 2.24) is 0 Å². The van der Waals surface area contributed by atoms with Crippen LogP contribution in [0.25, 0.3) is 0 Å². The molecule has 2 rings (SSSR count). The summed E-state index contributed by atoms with van der Waals surface area (Å²) in [6.07, 6.45) is 8.85. The Hall–Kier alpha value is -1.94. The van der Waals surface area contributed by atoms with Crippen molar-refractivity contribution >= 4 is 18.7 Å². The SMILES string of the molecule is CC[C@@H](/C=C/C=C/CO)CO[Si](c1ccccc1)(c1ccccc1)C(C)(C)C. The van der Waals surface area contributed by atoms with Gasteiger partial charge in [0.15, 0.2) is 0 Å². The highest BCUT2D eigenvalue weighted by atomic mass is 28.4. The lowest BCUT2D eigenvalue weighted by Crippen LogP contribution is -2.66. The van der Waals surface area contributed by atoms with E-state index in [1.54, 1.807) is 6.08 Å². The van der Waals surface area contributed by atoms with Crippen molar-refractivity contribution in [3.8, 4) is 0 Å². The van der Waals surface area contributed by atoms with Gasteiger partial charge in [-0.3, -0.25) is 0 Å². The molecule has 28 heavy (non-hydrogen) atoms. The molecule has 2 aromatic rings. The van der Waals surface area contributed by atoms with E-state index >= 15 is 0 Å². The van der Waals surface area contributed by atoms with Crippen LogP contribution in [0.2, 0.25) is 5.04 Å². The van der Waals surface area contributed by atoms with Gasteiger partial charge in [-0.05, 0) is 27.8 Å². The molecule has 0 bridgehead atoms. The Kier molecular flexibility index (Phi) is 8.43. The molecule has 0 aliphatic rings. The molecule has 0 saturated carbocycles. The molecule has 0 amide bonds. The summed E-state index contributed by atoms with van der Waals surface area (Å²) in [5.41, 5.74) is 0. The maximum Gasteiger partial charge on any atom is 0.261 e. The first-order valence-corrected chi connectivity index (χ1v) is 12.1. The number of benzene rings is 2. The van der Waals surface area contributed by atoms with E-state index in [9.17, 15) is 0 Å². The lowest BCUT2D eigenvalue weighted by atomic mass is 10.1. The van der Waals surface area contributed by atoms with Gasteiger partial charge in [0.25, 0.3) is 8.32 Å². The van der Waals surface area contributed by atoms with E-state index in [2.05, 4.69) is 94.4 Å². The molecule has 3 heteroatoms. The molecule has 1 atom stereocenters. The molecule has 0 aliphatic carbocycles. The van der Waals surface area contributed by atoms with Gasteiger partial charge in [-0.15, -0.1) is 0 Å². The van der Waals surface area contributed by atoms with Crippen molar-refractivity contribution in [3.63, 3.8) is 0 Å². The third-order valence-electron chi connectivity index (χ3n) is 5.19. The molecule has 0 fully saturated rings. The van der Waals surface area contributed by atoms with Crippen LogP contribution in [0.3, 0.4) is 0 Å². The molecular formula is C25H34O2Si. The van der Waals surface area contributed by atoms with E-state index in [1.165, 1.54) is 10.4 Å². The quantitative estimate of drug-likeness (QED) is 0.494. The summed E-state index contributed by atoms with van der Waals surface area (Å²) in [7, 11) is -2.47. The molecule has 2 nitrogen and oxygen atoms in total. The van der Waals surface area contributed by atoms with Gasteiger partial charge in [-0.25, -0.2) is 0 Å². The van der Waals surface area contributed by atoms with Crippen molar-refractivity contribution in [2.75, 3.05) is 13.2 Å². The van der Waals surface area contributed by atoms with Crippen molar-refractivity contribution in [1.29, 1.82) is 0 Å². The lowest BCUT2D eigenvalue weighted by Gasteiger charge is -2.43. The molecule has 0 heterocycles. The van der Waals surface area contributed by atoms with E-state index in [-0.39, 0.29) is 11.6 Å². The van der Waals surface area contributed by atoms with E-state index in [1.807, 2.05) is 12.2 Å². The average Bonchev–Trinajstić information content (AvgIpc) is 2.70. The van der Waals surface area contributed by atoms with Gasteiger partial charge >= 0.3 is 0 Å². The highest BCUT2D eigenvalue weighted by molar-refractivity contribution is 6.99. The van der Waals surface area contributed by atoms with E-state index in [0.717, 1.165) is 6.42 Å². The molecule has 150 valence electrons. The minimum absolute atomic E-state index is 0.00545. The second-order valence-corrected chi connectivity index (χ2v) is 12.4. The van der Waals surface area contributed by atoms with Crippen molar-refractivity contribution in [2.24, 2.45) is 5.92 Å². The van der Waals surface area contributed by atoms with Crippen LogP contribution in [0, 0.1) is 5.92 Å². The summed E-state index contributed by atoms with van der Waals surface area (Å²) in [4.78, 5) is 0. The molecular weight excluding hydrogens is 360 g/mol. The second-order valence-electron chi connectivity index (χ2n) is 8.14. The first-order chi connectivity index (χ1) is 13.5. The lowest BCUT2D eigenvalue weighted by molar-refractivity contribution is 0.256. The molecule has 0 aromatic heterocycles. The molecule has 0 saturated heterocycles. The fourth-order valence-electron chi connectivity index (χ4n) is 3.66. The zero-order valence-electron chi connectivity index (χ0n) is 17.6. The third kappa shape index (κ3) is 5.31. The third-order valence-corrected chi connectivity index (χ3v) is 10.2. The largest absolute Gasteiger partial charge is 0.407 e. The summed E-state index contributed by atoms with van der Waals surface area (Å²) < 4.78 is 6.99. The van der Waals surface area contributed by atoms with Crippen LogP contribution in [0.15, 0.2) is 85.0 Å². The molecule has 2 aromatic carbocycles. The van der Waals surface area contributed by atoms with Crippen molar-refractivity contribution in [3.05, 3.63) is 85.0 Å². The van der Waals surface area contributed by atoms with Crippen LogP contribution in [0.1, 0.15) is 34.1 Å². The second kappa shape index (κ2) is 10.6. The summed E-state index contributed by atoms with van der Waals surface area (Å²) in [6.45, 7) is 9.87. The van der Waals surface area contributed by atoms with Crippen LogP contribution in [-0.2, 0) is 4.43 Å². The summed E-state index contributed by atoms with van der Waals surface area (Å²) in [6, 6.07) is 21.5. The zero-order valence-corrected chi connectivity index (χ0v) is 18.6. The predicted octanol–water partition coefficient (Wildman–Crippen LogP) is 4.69. The molecule has 0 spiro atoms. The van der Waals surface area contributed by atoms with E-state index in [0.29, 0.717) is 12.5 Å². The van der Waals surface area contributed by atoms with Crippen LogP contribution in [0.4, 0.5) is 0 Å². The van der Waals surface area contributed by atoms with Crippen molar-refractivity contribution < 1.29 is 9.53 Å². The van der Waals surface area contributed by atoms with Crippen LogP contribution in [-0.4, -0.2) is 26.6 Å². The summed E-state index contributed by atoms with van der Waals surface area (Å²) >= 11 is 0. The van der Waals surface area contributed by atoms with Crippen molar-refractivity contribution in [2.45, 2.75) is 39.2 Å². The fraction of sp³-hybridized carbons (Fsp3) is 0.360. The standard InChI is InChI=1S/C25H34O2Si/c1-5-22(15-9-8-14-20-26)21-27-28(25(2,3)4,23-16-10-6-11-17-23)24-18-12-7-13-19-24/h6-19,22,26H,5,20-21H2,1-4H3/b14-8+,15-9+/t22-/m0/s1. The Balaban J connectivity index is 2.44. The van der Waals surface area contributed by atoms with Crippen LogP contribution >= 0.6 is 0 Å². The van der Waals surface area contributed by atoms with Gasteiger partial charge in [-0.1, -0.05) is 113 Å². The topological polar surface area (TPSA) is 29.5 Å². The fourth-order valence-corrected chi connectivity index (χ4v) is 8.28. The van der Waals surface area contributed by atoms with E-state index in [4.69, 9.17) is 9.53 Å². The van der Waals surface area contributed by atoms with E-state index < -0.39 is 8.32 Å². The predicted molar refractivity (Wildman–Crippen MR) is 123 cm³/mol. The van der Waals surface area contributed by atoms with Gasteiger partial charge in [0.05, 0.1) is 6.61 Å². The Morgan fingerprint density at radius 2 is 1.46 bits per heavy atom. The molecule has 0 radical (unpaired) electrons. The van der Waals surface area contributed by atoms with Gasteiger partial charge in [0, 0.05) is 6.61 Å². The minimum atomic E-state index is -2.47. The summed E-state index contributed by atoms with van der Waals surface area (Å²) in [5, 5.41) is 11.5. The molecule has 0 unspecified atom stereocenters. The number of allylic oxidation sites excluding steroid dienone is 2. The maximum atomic E-state index is 8.90. The highest BCUT2D eigenvalue weighted by Gasteiger charge is 2.50. The zero-order chi connectivity index (χ0) is 20.5. The first-order valence-electron chi connectivity index (χ1n) is 10.1. The number of aliphatic hydroxyl groups is 1. The van der Waals surface area contributed by atoms with Gasteiger partial charge < -0.3 is 9.53 Å². The number of aliphatic hydroxyl groups excluding tert-OH is 1. The Bertz CT molecular complexity index is 706. The average molecular weight is 395 g/mol. The smallest absolute Gasteiger partial charge is 0.261 e. The number of rotatable bonds is 9. The van der Waals surface area contributed by atoms with Crippen LogP contribution < -0.4 is 10.4 Å². The normalized spacial score (nSPS) is 14.0. The number of hydrogen-bond acceptors (Lipinski definition) is 2. The first kappa shape index (κ1) is 22.3. The van der Waals surface area contributed by atoms with Gasteiger partial charge in [0.1, 0.15) is 0 Å². The minimum Gasteiger partial charge on any atom is -0.407 e. The van der Waals surface area contributed by atoms with Crippen LogP contribution in [0.5, 0.6) is 0 Å². The Labute approximate surface area is 171 Å². The number of hydrogen-bond donors (Lipinski definition) is 1. The van der Waals surface area contributed by atoms with Gasteiger partial charge in [0.2, 0.25) is 0 Å². The van der Waals surface area contributed by atoms with Gasteiger partial charge in [-0.2, -0.15) is 0 Å². The summed E-state index contributed by atoms with van der Waals surface area (Å²) in [5.74, 6) is 0.338. The molecule has 1 N–H and O–H groups in total. The molecule has 0 aliphatic heterocycles.